The monoisotopic (exact) mass is 242 g/mol. The molecule has 1 aromatic rings. The maximum Gasteiger partial charge on any atom is 0.132 e. The first kappa shape index (κ1) is 13.2. The second-order valence-corrected chi connectivity index (χ2v) is 4.21. The smallest absolute Gasteiger partial charge is 0.132 e. The van der Waals surface area contributed by atoms with Crippen molar-refractivity contribution >= 4 is 17.4 Å². The minimum absolute atomic E-state index is 0.255. The average Bonchev–Trinajstić information content (AvgIpc) is 2.27. The summed E-state index contributed by atoms with van der Waals surface area (Å²) in [5, 5.41) is 0.474. The molecule has 0 fully saturated rings. The highest BCUT2D eigenvalue weighted by atomic mass is 35.5. The van der Waals surface area contributed by atoms with Gasteiger partial charge in [-0.1, -0.05) is 24.6 Å². The second kappa shape index (κ2) is 6.64. The normalized spacial score (nSPS) is 10.4. The topological polar surface area (TPSA) is 17.1 Å². The Hall–Kier alpha value is -0.890. The van der Waals surface area contributed by atoms with Crippen LogP contribution >= 0.6 is 11.6 Å². The van der Waals surface area contributed by atoms with Crippen LogP contribution in [-0.4, -0.2) is 5.78 Å². The average molecular weight is 243 g/mol. The number of carbonyl (C=O) groups is 1. The van der Waals surface area contributed by atoms with Gasteiger partial charge in [0, 0.05) is 23.4 Å². The molecule has 1 aromatic carbocycles. The fourth-order valence-electron chi connectivity index (χ4n) is 1.57. The molecule has 0 aliphatic rings. The Morgan fingerprint density at radius 1 is 1.38 bits per heavy atom. The molecule has 1 nitrogen and oxygen atoms in total. The molecular weight excluding hydrogens is 227 g/mol. The lowest BCUT2D eigenvalue weighted by atomic mass is 10.0. The van der Waals surface area contributed by atoms with E-state index in [4.69, 9.17) is 11.6 Å². The predicted octanol–water partition coefficient (Wildman–Crippen LogP) is 4.17. The van der Waals surface area contributed by atoms with Crippen LogP contribution in [0.3, 0.4) is 0 Å². The van der Waals surface area contributed by atoms with E-state index < -0.39 is 0 Å². The fourth-order valence-corrected chi connectivity index (χ4v) is 1.83. The highest BCUT2D eigenvalue weighted by Crippen LogP contribution is 2.21. The van der Waals surface area contributed by atoms with Crippen molar-refractivity contribution in [2.45, 2.75) is 39.0 Å². The largest absolute Gasteiger partial charge is 0.300 e. The van der Waals surface area contributed by atoms with E-state index in [9.17, 15) is 9.18 Å². The van der Waals surface area contributed by atoms with Crippen molar-refractivity contribution in [1.82, 2.24) is 0 Å². The van der Waals surface area contributed by atoms with E-state index in [0.717, 1.165) is 12.8 Å². The molecule has 0 unspecified atom stereocenters. The van der Waals surface area contributed by atoms with Crippen LogP contribution in [0, 0.1) is 5.82 Å². The second-order valence-electron chi connectivity index (χ2n) is 3.80. The number of unbranched alkanes of at least 4 members (excludes halogenated alkanes) is 1. The number of Topliss-reactive ketones (excluding diaryl/α,β-unsaturated/α-hetero) is 1. The first-order chi connectivity index (χ1) is 7.65. The van der Waals surface area contributed by atoms with Crippen LogP contribution in [0.15, 0.2) is 18.2 Å². The molecule has 0 bridgehead atoms. The van der Waals surface area contributed by atoms with E-state index in [1.807, 2.05) is 6.92 Å². The van der Waals surface area contributed by atoms with Crippen molar-refractivity contribution in [3.63, 3.8) is 0 Å². The third-order valence-corrected chi connectivity index (χ3v) is 2.94. The van der Waals surface area contributed by atoms with E-state index in [2.05, 4.69) is 0 Å². The summed E-state index contributed by atoms with van der Waals surface area (Å²) in [4.78, 5) is 11.1. The summed E-state index contributed by atoms with van der Waals surface area (Å²) in [6.07, 6.45) is 3.37. The minimum Gasteiger partial charge on any atom is -0.300 e. The Morgan fingerprint density at radius 2 is 2.12 bits per heavy atom. The van der Waals surface area contributed by atoms with Gasteiger partial charge in [-0.15, -0.1) is 0 Å². The summed E-state index contributed by atoms with van der Waals surface area (Å²) in [7, 11) is 0. The summed E-state index contributed by atoms with van der Waals surface area (Å²) < 4.78 is 13.4. The van der Waals surface area contributed by atoms with E-state index in [-0.39, 0.29) is 11.6 Å². The van der Waals surface area contributed by atoms with Crippen molar-refractivity contribution in [3.05, 3.63) is 34.6 Å². The molecule has 3 heteroatoms. The molecule has 0 atom stereocenters. The number of hydrogen-bond donors (Lipinski definition) is 0. The third kappa shape index (κ3) is 3.93. The van der Waals surface area contributed by atoms with Crippen LogP contribution < -0.4 is 0 Å². The molecule has 88 valence electrons. The minimum atomic E-state index is -0.255. The molecule has 0 N–H and O–H groups in total. The van der Waals surface area contributed by atoms with Gasteiger partial charge in [-0.2, -0.15) is 0 Å². The van der Waals surface area contributed by atoms with Crippen LogP contribution in [0.5, 0.6) is 0 Å². The highest BCUT2D eigenvalue weighted by Gasteiger charge is 2.06. The van der Waals surface area contributed by atoms with Crippen LogP contribution in [0.1, 0.15) is 38.2 Å². The number of ketones is 1. The Labute approximate surface area is 101 Å². The lowest BCUT2D eigenvalue weighted by molar-refractivity contribution is -0.118. The molecule has 16 heavy (non-hydrogen) atoms. The first-order valence-electron chi connectivity index (χ1n) is 5.59. The molecular formula is C13H16ClFO. The SMILES string of the molecule is CCC(=O)CCCCc1c(F)cccc1Cl. The van der Waals surface area contributed by atoms with E-state index in [1.54, 1.807) is 12.1 Å². The van der Waals surface area contributed by atoms with Gasteiger partial charge in [0.2, 0.25) is 0 Å². The zero-order valence-corrected chi connectivity index (χ0v) is 10.2. The number of halogens is 2. The van der Waals surface area contributed by atoms with E-state index >= 15 is 0 Å². The molecule has 0 spiro atoms. The Kier molecular flexibility index (Phi) is 5.47. The van der Waals surface area contributed by atoms with E-state index in [0.29, 0.717) is 29.8 Å². The molecule has 0 saturated heterocycles. The van der Waals surface area contributed by atoms with Crippen LogP contribution in [-0.2, 0) is 11.2 Å². The predicted molar refractivity (Wildman–Crippen MR) is 64.3 cm³/mol. The fraction of sp³-hybridized carbons (Fsp3) is 0.462. The lowest BCUT2D eigenvalue weighted by Crippen LogP contribution is -1.97. The van der Waals surface area contributed by atoms with Gasteiger partial charge in [0.25, 0.3) is 0 Å². The Balaban J connectivity index is 2.40. The molecule has 0 aliphatic carbocycles. The number of rotatable bonds is 6. The van der Waals surface area contributed by atoms with Crippen LogP contribution in [0.25, 0.3) is 0 Å². The highest BCUT2D eigenvalue weighted by molar-refractivity contribution is 6.31. The zero-order chi connectivity index (χ0) is 12.0. The summed E-state index contributed by atoms with van der Waals surface area (Å²) >= 11 is 5.89. The quantitative estimate of drug-likeness (QED) is 0.685. The van der Waals surface area contributed by atoms with Crippen LogP contribution in [0.2, 0.25) is 5.02 Å². The molecule has 0 aliphatic heterocycles. The maximum absolute atomic E-state index is 13.4. The van der Waals surface area contributed by atoms with Gasteiger partial charge < -0.3 is 0 Å². The van der Waals surface area contributed by atoms with Gasteiger partial charge >= 0.3 is 0 Å². The van der Waals surface area contributed by atoms with Crippen molar-refractivity contribution < 1.29 is 9.18 Å². The Morgan fingerprint density at radius 3 is 2.75 bits per heavy atom. The van der Waals surface area contributed by atoms with Crippen LogP contribution in [0.4, 0.5) is 4.39 Å². The van der Waals surface area contributed by atoms with Gasteiger partial charge in [-0.05, 0) is 31.4 Å². The van der Waals surface area contributed by atoms with Gasteiger partial charge in [0.15, 0.2) is 0 Å². The summed E-state index contributed by atoms with van der Waals surface area (Å²) in [6, 6.07) is 4.71. The maximum atomic E-state index is 13.4. The molecule has 0 heterocycles. The first-order valence-corrected chi connectivity index (χ1v) is 5.97. The van der Waals surface area contributed by atoms with Crippen molar-refractivity contribution in [1.29, 1.82) is 0 Å². The van der Waals surface area contributed by atoms with Gasteiger partial charge in [-0.25, -0.2) is 4.39 Å². The molecule has 0 radical (unpaired) electrons. The third-order valence-electron chi connectivity index (χ3n) is 2.59. The Bertz CT molecular complexity index is 343. The molecule has 1 rings (SSSR count). The standard InChI is InChI=1S/C13H16ClFO/c1-2-10(16)6-3-4-7-11-12(14)8-5-9-13(11)15/h5,8-9H,2-4,6-7H2,1H3. The van der Waals surface area contributed by atoms with Crippen molar-refractivity contribution in [2.24, 2.45) is 0 Å². The number of benzene rings is 1. The summed E-state index contributed by atoms with van der Waals surface area (Å²) in [5.41, 5.74) is 0.563. The summed E-state index contributed by atoms with van der Waals surface area (Å²) in [5.74, 6) is 0.00829. The van der Waals surface area contributed by atoms with E-state index in [1.165, 1.54) is 6.07 Å². The van der Waals surface area contributed by atoms with Gasteiger partial charge in [0.1, 0.15) is 11.6 Å². The van der Waals surface area contributed by atoms with Crippen molar-refractivity contribution in [3.8, 4) is 0 Å². The number of hydrogen-bond acceptors (Lipinski definition) is 1. The summed E-state index contributed by atoms with van der Waals surface area (Å²) in [6.45, 7) is 1.86. The lowest BCUT2D eigenvalue weighted by Gasteiger charge is -2.05. The molecule has 0 amide bonds. The van der Waals surface area contributed by atoms with Gasteiger partial charge in [-0.3, -0.25) is 4.79 Å². The molecule has 0 aromatic heterocycles. The molecule has 0 saturated carbocycles. The van der Waals surface area contributed by atoms with Crippen molar-refractivity contribution in [2.75, 3.05) is 0 Å². The zero-order valence-electron chi connectivity index (χ0n) is 9.43. The number of carbonyl (C=O) groups excluding carboxylic acids is 1. The van der Waals surface area contributed by atoms with Gasteiger partial charge in [0.05, 0.1) is 0 Å².